The number of hydrogen-bond acceptors (Lipinski definition) is 5. The minimum atomic E-state index is -0.164. The third kappa shape index (κ3) is 4.89. The molecule has 2 aromatic rings. The molecule has 1 fully saturated rings. The first-order chi connectivity index (χ1) is 14.2. The molecule has 150 valence electrons. The van der Waals surface area contributed by atoms with Crippen LogP contribution in [0.3, 0.4) is 0 Å². The zero-order valence-electron chi connectivity index (χ0n) is 16.6. The van der Waals surface area contributed by atoms with Crippen LogP contribution in [0.25, 0.3) is 6.08 Å². The van der Waals surface area contributed by atoms with Crippen molar-refractivity contribution in [3.05, 3.63) is 70.6 Å². The van der Waals surface area contributed by atoms with Crippen molar-refractivity contribution in [2.75, 3.05) is 32.8 Å². The molecule has 0 aromatic heterocycles. The number of carbonyl (C=O) groups excluding carboxylic acids is 1. The predicted molar refractivity (Wildman–Crippen MR) is 119 cm³/mol. The summed E-state index contributed by atoms with van der Waals surface area (Å²) in [6, 6.07) is 18.3. The Labute approximate surface area is 176 Å². The maximum atomic E-state index is 12.5. The summed E-state index contributed by atoms with van der Waals surface area (Å²) in [5, 5.41) is 0.814. The monoisotopic (exact) mass is 407 g/mol. The fourth-order valence-electron chi connectivity index (χ4n) is 3.50. The number of amidine groups is 1. The van der Waals surface area contributed by atoms with Gasteiger partial charge in [-0.15, -0.1) is 0 Å². The van der Waals surface area contributed by atoms with E-state index in [-0.39, 0.29) is 5.91 Å². The molecule has 0 radical (unpaired) electrons. The number of piperazine rings is 1. The third-order valence-electron chi connectivity index (χ3n) is 5.01. The van der Waals surface area contributed by atoms with Crippen LogP contribution in [0.4, 0.5) is 0 Å². The molecular formula is C23H25N3O2S. The molecular weight excluding hydrogens is 382 g/mol. The van der Waals surface area contributed by atoms with Crippen LogP contribution in [0.15, 0.2) is 64.5 Å². The van der Waals surface area contributed by atoms with Gasteiger partial charge in [0.2, 0.25) is 0 Å². The topological polar surface area (TPSA) is 45.1 Å². The van der Waals surface area contributed by atoms with Gasteiger partial charge in [0.15, 0.2) is 5.17 Å². The Balaban J connectivity index is 1.37. The summed E-state index contributed by atoms with van der Waals surface area (Å²) >= 11 is 1.47. The van der Waals surface area contributed by atoms with Gasteiger partial charge in [0.25, 0.3) is 5.91 Å². The summed E-state index contributed by atoms with van der Waals surface area (Å²) in [6.45, 7) is 7.22. The number of nitrogens with zero attached hydrogens (tertiary/aromatic N) is 3. The Kier molecular flexibility index (Phi) is 6.32. The second-order valence-corrected chi connectivity index (χ2v) is 8.04. The molecule has 1 saturated heterocycles. The van der Waals surface area contributed by atoms with Crippen molar-refractivity contribution < 1.29 is 9.53 Å². The molecule has 0 bridgehead atoms. The first-order valence-electron chi connectivity index (χ1n) is 9.98. The SMILES string of the molecule is CCOc1ccccc1C=C1SC(N2CCN(Cc3ccccc3)CC2)=NC1=O. The summed E-state index contributed by atoms with van der Waals surface area (Å²) in [5.74, 6) is 0.627. The first-order valence-corrected chi connectivity index (χ1v) is 10.8. The van der Waals surface area contributed by atoms with Gasteiger partial charge < -0.3 is 9.64 Å². The lowest BCUT2D eigenvalue weighted by molar-refractivity contribution is -0.113. The van der Waals surface area contributed by atoms with Crippen LogP contribution >= 0.6 is 11.8 Å². The van der Waals surface area contributed by atoms with Crippen LogP contribution < -0.4 is 4.74 Å². The van der Waals surface area contributed by atoms with Gasteiger partial charge in [-0.05, 0) is 36.4 Å². The lowest BCUT2D eigenvalue weighted by atomic mass is 10.2. The number of rotatable bonds is 5. The van der Waals surface area contributed by atoms with Crippen molar-refractivity contribution in [3.8, 4) is 5.75 Å². The van der Waals surface area contributed by atoms with Gasteiger partial charge in [-0.25, -0.2) is 0 Å². The van der Waals surface area contributed by atoms with Crippen LogP contribution in [-0.4, -0.2) is 53.7 Å². The van der Waals surface area contributed by atoms with Crippen LogP contribution in [0.1, 0.15) is 18.1 Å². The smallest absolute Gasteiger partial charge is 0.286 e. The minimum absolute atomic E-state index is 0.164. The Morgan fingerprint density at radius 1 is 1.03 bits per heavy atom. The number of benzene rings is 2. The van der Waals surface area contributed by atoms with Crippen LogP contribution in [0.2, 0.25) is 0 Å². The summed E-state index contributed by atoms with van der Waals surface area (Å²) in [5.41, 5.74) is 2.25. The van der Waals surface area contributed by atoms with E-state index in [1.54, 1.807) is 0 Å². The van der Waals surface area contributed by atoms with E-state index in [2.05, 4.69) is 39.1 Å². The standard InChI is InChI=1S/C23H25N3O2S/c1-2-28-20-11-7-6-10-19(20)16-21-22(27)24-23(29-21)26-14-12-25(13-15-26)17-18-8-4-3-5-9-18/h3-11,16H,2,12-15,17H2,1H3. The molecule has 0 spiro atoms. The number of ether oxygens (including phenoxy) is 1. The Bertz CT molecular complexity index is 919. The molecule has 2 heterocycles. The molecule has 2 aliphatic heterocycles. The van der Waals surface area contributed by atoms with Crippen molar-refractivity contribution >= 4 is 28.9 Å². The van der Waals surface area contributed by atoms with Gasteiger partial charge in [0, 0.05) is 38.3 Å². The van der Waals surface area contributed by atoms with E-state index in [0.29, 0.717) is 11.5 Å². The van der Waals surface area contributed by atoms with E-state index in [9.17, 15) is 4.79 Å². The summed E-state index contributed by atoms with van der Waals surface area (Å²) in [7, 11) is 0. The lowest BCUT2D eigenvalue weighted by Crippen LogP contribution is -2.47. The molecule has 0 saturated carbocycles. The Morgan fingerprint density at radius 2 is 1.76 bits per heavy atom. The molecule has 0 unspecified atom stereocenters. The van der Waals surface area contributed by atoms with E-state index in [4.69, 9.17) is 4.74 Å². The fraction of sp³-hybridized carbons (Fsp3) is 0.304. The van der Waals surface area contributed by atoms with Crippen LogP contribution in [0.5, 0.6) is 5.75 Å². The normalized spacial score (nSPS) is 18.9. The second kappa shape index (κ2) is 9.29. The molecule has 29 heavy (non-hydrogen) atoms. The molecule has 2 aliphatic rings. The van der Waals surface area contributed by atoms with E-state index in [0.717, 1.165) is 49.2 Å². The summed E-state index contributed by atoms with van der Waals surface area (Å²) in [4.78, 5) is 22.1. The number of para-hydroxylation sites is 1. The number of amides is 1. The highest BCUT2D eigenvalue weighted by Crippen LogP contribution is 2.32. The number of aliphatic imine (C=N–C) groups is 1. The summed E-state index contributed by atoms with van der Waals surface area (Å²) in [6.07, 6.45) is 1.89. The molecule has 2 aromatic carbocycles. The quantitative estimate of drug-likeness (QED) is 0.704. The number of carbonyl (C=O) groups is 1. The highest BCUT2D eigenvalue weighted by atomic mass is 32.2. The molecule has 4 rings (SSSR count). The van der Waals surface area contributed by atoms with E-state index in [1.807, 2.05) is 43.3 Å². The van der Waals surface area contributed by atoms with Crippen LogP contribution in [0, 0.1) is 0 Å². The van der Waals surface area contributed by atoms with Gasteiger partial charge in [-0.2, -0.15) is 4.99 Å². The van der Waals surface area contributed by atoms with Crippen LogP contribution in [-0.2, 0) is 11.3 Å². The molecule has 5 nitrogen and oxygen atoms in total. The summed E-state index contributed by atoms with van der Waals surface area (Å²) < 4.78 is 5.67. The van der Waals surface area contributed by atoms with Gasteiger partial charge in [0.05, 0.1) is 11.5 Å². The van der Waals surface area contributed by atoms with Gasteiger partial charge >= 0.3 is 0 Å². The van der Waals surface area contributed by atoms with E-state index in [1.165, 1.54) is 17.3 Å². The lowest BCUT2D eigenvalue weighted by Gasteiger charge is -2.35. The second-order valence-electron chi connectivity index (χ2n) is 7.03. The highest BCUT2D eigenvalue weighted by molar-refractivity contribution is 8.18. The largest absolute Gasteiger partial charge is 0.493 e. The number of hydrogen-bond donors (Lipinski definition) is 0. The van der Waals surface area contributed by atoms with Crippen molar-refractivity contribution in [2.45, 2.75) is 13.5 Å². The molecule has 0 aliphatic carbocycles. The molecule has 1 amide bonds. The Hall–Kier alpha value is -2.57. The van der Waals surface area contributed by atoms with E-state index >= 15 is 0 Å². The predicted octanol–water partition coefficient (Wildman–Crippen LogP) is 3.87. The van der Waals surface area contributed by atoms with Gasteiger partial charge in [-0.3, -0.25) is 9.69 Å². The molecule has 0 atom stereocenters. The maximum absolute atomic E-state index is 12.5. The zero-order valence-corrected chi connectivity index (χ0v) is 17.4. The average Bonchev–Trinajstić information content (AvgIpc) is 3.11. The molecule has 6 heteroatoms. The van der Waals surface area contributed by atoms with Crippen molar-refractivity contribution in [1.82, 2.24) is 9.80 Å². The van der Waals surface area contributed by atoms with Gasteiger partial charge in [-0.1, -0.05) is 48.5 Å². The fourth-order valence-corrected chi connectivity index (χ4v) is 4.46. The zero-order chi connectivity index (χ0) is 20.1. The van der Waals surface area contributed by atoms with Crippen molar-refractivity contribution in [1.29, 1.82) is 0 Å². The van der Waals surface area contributed by atoms with Crippen molar-refractivity contribution in [2.24, 2.45) is 4.99 Å². The highest BCUT2D eigenvalue weighted by Gasteiger charge is 2.28. The first kappa shape index (κ1) is 19.7. The average molecular weight is 408 g/mol. The molecule has 0 N–H and O–H groups in total. The Morgan fingerprint density at radius 3 is 2.52 bits per heavy atom. The minimum Gasteiger partial charge on any atom is -0.493 e. The van der Waals surface area contributed by atoms with Gasteiger partial charge in [0.1, 0.15) is 5.75 Å². The van der Waals surface area contributed by atoms with E-state index < -0.39 is 0 Å². The number of thioether (sulfide) groups is 1. The maximum Gasteiger partial charge on any atom is 0.286 e. The van der Waals surface area contributed by atoms with Crippen molar-refractivity contribution in [3.63, 3.8) is 0 Å². The third-order valence-corrected chi connectivity index (χ3v) is 6.05.